The van der Waals surface area contributed by atoms with Crippen LogP contribution in [0.1, 0.15) is 35.7 Å². The lowest BCUT2D eigenvalue weighted by molar-refractivity contribution is 0.0951. The van der Waals surface area contributed by atoms with Crippen molar-refractivity contribution in [2.24, 2.45) is 5.92 Å². The SMILES string of the molecule is CC1CCN(c2cc(Cl)nc(SCc3ccc(C(=O)NCCN(C)C)cc3)n2)CC1. The lowest BCUT2D eigenvalue weighted by Crippen LogP contribution is -2.33. The fraction of sp³-hybridized carbons (Fsp3) is 0.500. The van der Waals surface area contributed by atoms with Crippen molar-refractivity contribution in [3.63, 3.8) is 0 Å². The molecule has 1 aliphatic rings. The Morgan fingerprint density at radius 3 is 2.60 bits per heavy atom. The molecule has 2 aromatic rings. The van der Waals surface area contributed by atoms with E-state index in [1.165, 1.54) is 12.8 Å². The fourth-order valence-electron chi connectivity index (χ4n) is 3.25. The van der Waals surface area contributed by atoms with Crippen LogP contribution in [0.5, 0.6) is 0 Å². The summed E-state index contributed by atoms with van der Waals surface area (Å²) in [6.45, 7) is 5.77. The van der Waals surface area contributed by atoms with Gasteiger partial charge >= 0.3 is 0 Å². The molecule has 1 aromatic heterocycles. The van der Waals surface area contributed by atoms with Crippen LogP contribution in [0.15, 0.2) is 35.5 Å². The first-order chi connectivity index (χ1) is 14.4. The number of hydrogen-bond acceptors (Lipinski definition) is 6. The third kappa shape index (κ3) is 6.86. The van der Waals surface area contributed by atoms with Crippen LogP contribution in [0.25, 0.3) is 0 Å². The van der Waals surface area contributed by atoms with Crippen LogP contribution in [0, 0.1) is 5.92 Å². The van der Waals surface area contributed by atoms with E-state index in [4.69, 9.17) is 16.6 Å². The first-order valence-electron chi connectivity index (χ1n) is 10.3. The lowest BCUT2D eigenvalue weighted by atomic mass is 9.99. The van der Waals surface area contributed by atoms with Gasteiger partial charge in [-0.25, -0.2) is 9.97 Å². The number of likely N-dealkylation sites (N-methyl/N-ethyl adjacent to an activating group) is 1. The predicted octanol–water partition coefficient (Wildman–Crippen LogP) is 3.95. The van der Waals surface area contributed by atoms with Crippen LogP contribution in [0.4, 0.5) is 5.82 Å². The maximum Gasteiger partial charge on any atom is 0.251 e. The smallest absolute Gasteiger partial charge is 0.251 e. The number of rotatable bonds is 8. The van der Waals surface area contributed by atoms with Crippen LogP contribution in [-0.4, -0.2) is 61.0 Å². The summed E-state index contributed by atoms with van der Waals surface area (Å²) in [5.74, 6) is 2.36. The molecule has 0 radical (unpaired) electrons. The van der Waals surface area contributed by atoms with E-state index in [0.29, 0.717) is 22.4 Å². The van der Waals surface area contributed by atoms with E-state index in [1.54, 1.807) is 11.8 Å². The van der Waals surface area contributed by atoms with E-state index in [-0.39, 0.29) is 5.91 Å². The minimum absolute atomic E-state index is 0.0466. The van der Waals surface area contributed by atoms with Crippen molar-refractivity contribution in [2.45, 2.75) is 30.7 Å². The molecule has 0 unspecified atom stereocenters. The number of hydrogen-bond donors (Lipinski definition) is 1. The molecule has 1 aliphatic heterocycles. The van der Waals surface area contributed by atoms with Crippen molar-refractivity contribution in [3.8, 4) is 0 Å². The Balaban J connectivity index is 1.55. The van der Waals surface area contributed by atoms with Gasteiger partial charge in [-0.3, -0.25) is 4.79 Å². The number of nitrogens with zero attached hydrogens (tertiary/aromatic N) is 4. The minimum atomic E-state index is -0.0466. The summed E-state index contributed by atoms with van der Waals surface area (Å²) in [7, 11) is 3.97. The number of carbonyl (C=O) groups is 1. The fourth-order valence-corrected chi connectivity index (χ4v) is 4.28. The Bertz CT molecular complexity index is 838. The molecule has 6 nitrogen and oxygen atoms in total. The largest absolute Gasteiger partial charge is 0.356 e. The Morgan fingerprint density at radius 2 is 1.93 bits per heavy atom. The standard InChI is InChI=1S/C22H30ClN5OS/c1-16-8-11-28(12-9-16)20-14-19(23)25-22(26-20)30-15-17-4-6-18(7-5-17)21(29)24-10-13-27(2)3/h4-7,14,16H,8-13,15H2,1-3H3,(H,24,29). The van der Waals surface area contributed by atoms with Gasteiger partial charge in [-0.05, 0) is 50.6 Å². The first-order valence-corrected chi connectivity index (χ1v) is 11.7. The number of carbonyl (C=O) groups excluding carboxylic acids is 1. The van der Waals surface area contributed by atoms with Crippen LogP contribution >= 0.6 is 23.4 Å². The van der Waals surface area contributed by atoms with Gasteiger partial charge in [-0.15, -0.1) is 0 Å². The minimum Gasteiger partial charge on any atom is -0.356 e. The third-order valence-corrected chi connectivity index (χ3v) is 6.31. The molecule has 162 valence electrons. The van der Waals surface area contributed by atoms with Gasteiger partial charge in [0.05, 0.1) is 0 Å². The van der Waals surface area contributed by atoms with Gasteiger partial charge < -0.3 is 15.1 Å². The molecule has 1 aromatic carbocycles. The van der Waals surface area contributed by atoms with Crippen LogP contribution in [-0.2, 0) is 5.75 Å². The molecule has 8 heteroatoms. The number of benzene rings is 1. The Kier molecular flexibility index (Phi) is 8.36. The molecular formula is C22H30ClN5OS. The van der Waals surface area contributed by atoms with E-state index < -0.39 is 0 Å². The molecule has 0 aliphatic carbocycles. The average Bonchev–Trinajstić information content (AvgIpc) is 2.72. The van der Waals surface area contributed by atoms with Crippen molar-refractivity contribution < 1.29 is 4.79 Å². The molecular weight excluding hydrogens is 418 g/mol. The quantitative estimate of drug-likeness (QED) is 0.375. The Morgan fingerprint density at radius 1 is 1.23 bits per heavy atom. The summed E-state index contributed by atoms with van der Waals surface area (Å²) in [5, 5.41) is 4.09. The van der Waals surface area contributed by atoms with Gasteiger partial charge in [0.15, 0.2) is 5.16 Å². The molecule has 1 fully saturated rings. The molecule has 30 heavy (non-hydrogen) atoms. The molecule has 1 saturated heterocycles. The zero-order chi connectivity index (χ0) is 21.5. The maximum atomic E-state index is 12.2. The number of halogens is 1. The van der Waals surface area contributed by atoms with Gasteiger partial charge in [-0.2, -0.15) is 0 Å². The summed E-state index contributed by atoms with van der Waals surface area (Å²) in [6.07, 6.45) is 2.36. The van der Waals surface area contributed by atoms with E-state index in [0.717, 1.165) is 42.7 Å². The van der Waals surface area contributed by atoms with Crippen molar-refractivity contribution in [3.05, 3.63) is 46.6 Å². The molecule has 3 rings (SSSR count). The molecule has 1 N–H and O–H groups in total. The second-order valence-electron chi connectivity index (χ2n) is 8.05. The highest BCUT2D eigenvalue weighted by Gasteiger charge is 2.18. The van der Waals surface area contributed by atoms with Crippen molar-refractivity contribution >= 4 is 35.1 Å². The van der Waals surface area contributed by atoms with E-state index in [2.05, 4.69) is 22.1 Å². The monoisotopic (exact) mass is 447 g/mol. The Hall–Kier alpha value is -1.83. The van der Waals surface area contributed by atoms with Crippen molar-refractivity contribution in [1.29, 1.82) is 0 Å². The number of piperidine rings is 1. The summed E-state index contributed by atoms with van der Waals surface area (Å²) >= 11 is 7.82. The van der Waals surface area contributed by atoms with E-state index >= 15 is 0 Å². The first kappa shape index (κ1) is 22.8. The van der Waals surface area contributed by atoms with Crippen LogP contribution < -0.4 is 10.2 Å². The van der Waals surface area contributed by atoms with Gasteiger partial charge in [0.1, 0.15) is 11.0 Å². The summed E-state index contributed by atoms with van der Waals surface area (Å²) in [5.41, 5.74) is 1.78. The lowest BCUT2D eigenvalue weighted by Gasteiger charge is -2.31. The highest BCUT2D eigenvalue weighted by molar-refractivity contribution is 7.98. The van der Waals surface area contributed by atoms with E-state index in [1.807, 2.05) is 49.3 Å². The van der Waals surface area contributed by atoms with Gasteiger partial charge in [0.2, 0.25) is 0 Å². The molecule has 0 spiro atoms. The Labute approximate surface area is 188 Å². The number of anilines is 1. The molecule has 0 atom stereocenters. The number of amides is 1. The zero-order valence-electron chi connectivity index (χ0n) is 17.9. The average molecular weight is 448 g/mol. The second-order valence-corrected chi connectivity index (χ2v) is 9.38. The van der Waals surface area contributed by atoms with Gasteiger partial charge in [-0.1, -0.05) is 42.4 Å². The molecule has 0 saturated carbocycles. The van der Waals surface area contributed by atoms with Crippen LogP contribution in [0.3, 0.4) is 0 Å². The highest BCUT2D eigenvalue weighted by Crippen LogP contribution is 2.27. The molecule has 1 amide bonds. The second kappa shape index (κ2) is 11.0. The predicted molar refractivity (Wildman–Crippen MR) is 125 cm³/mol. The number of thioether (sulfide) groups is 1. The van der Waals surface area contributed by atoms with Crippen molar-refractivity contribution in [1.82, 2.24) is 20.2 Å². The van der Waals surface area contributed by atoms with Crippen molar-refractivity contribution in [2.75, 3.05) is 45.2 Å². The van der Waals surface area contributed by atoms with Gasteiger partial charge in [0.25, 0.3) is 5.91 Å². The zero-order valence-corrected chi connectivity index (χ0v) is 19.5. The maximum absolute atomic E-state index is 12.2. The third-order valence-electron chi connectivity index (χ3n) is 5.20. The highest BCUT2D eigenvalue weighted by atomic mass is 35.5. The summed E-state index contributed by atoms with van der Waals surface area (Å²) in [6, 6.07) is 9.53. The molecule has 2 heterocycles. The topological polar surface area (TPSA) is 61.4 Å². The van der Waals surface area contributed by atoms with E-state index in [9.17, 15) is 4.79 Å². The summed E-state index contributed by atoms with van der Waals surface area (Å²) in [4.78, 5) is 25.6. The van der Waals surface area contributed by atoms with Crippen LogP contribution in [0.2, 0.25) is 5.15 Å². The number of nitrogens with one attached hydrogen (secondary N) is 1. The number of aromatic nitrogens is 2. The summed E-state index contributed by atoms with van der Waals surface area (Å²) < 4.78 is 0. The molecule has 0 bridgehead atoms. The van der Waals surface area contributed by atoms with Gasteiger partial charge in [0, 0.05) is 43.6 Å². The normalized spacial score (nSPS) is 14.9.